The van der Waals surface area contributed by atoms with Gasteiger partial charge in [-0.05, 0) is 36.6 Å². The van der Waals surface area contributed by atoms with Crippen LogP contribution in [0.5, 0.6) is 0 Å². The standard InChI is InChI=1S/C12H18BrN3/c1-3-8(2)6-12(16-15)10-7-9(13)4-5-11(10)14/h4-5,7,12,16H,2-3,6,14-15H2,1H3. The van der Waals surface area contributed by atoms with Crippen LogP contribution in [-0.4, -0.2) is 0 Å². The predicted molar refractivity (Wildman–Crippen MR) is 72.7 cm³/mol. The minimum Gasteiger partial charge on any atom is -0.398 e. The molecule has 0 spiro atoms. The molecule has 1 atom stereocenters. The van der Waals surface area contributed by atoms with Crippen molar-refractivity contribution in [3.8, 4) is 0 Å². The van der Waals surface area contributed by atoms with Gasteiger partial charge in [-0.3, -0.25) is 11.3 Å². The van der Waals surface area contributed by atoms with Crippen LogP contribution >= 0.6 is 15.9 Å². The summed E-state index contributed by atoms with van der Waals surface area (Å²) in [6, 6.07) is 5.80. The van der Waals surface area contributed by atoms with Crippen molar-refractivity contribution in [3.63, 3.8) is 0 Å². The van der Waals surface area contributed by atoms with E-state index in [9.17, 15) is 0 Å². The molecule has 0 radical (unpaired) electrons. The van der Waals surface area contributed by atoms with Gasteiger partial charge < -0.3 is 5.73 Å². The zero-order valence-corrected chi connectivity index (χ0v) is 11.0. The quantitative estimate of drug-likeness (QED) is 0.337. The van der Waals surface area contributed by atoms with E-state index in [1.165, 1.54) is 0 Å². The van der Waals surface area contributed by atoms with Crippen LogP contribution in [-0.2, 0) is 0 Å². The Kier molecular flexibility index (Phi) is 4.99. The fourth-order valence-electron chi connectivity index (χ4n) is 1.54. The highest BCUT2D eigenvalue weighted by Gasteiger charge is 2.13. The average Bonchev–Trinajstić information content (AvgIpc) is 2.29. The lowest BCUT2D eigenvalue weighted by Crippen LogP contribution is -2.29. The molecule has 0 aromatic heterocycles. The monoisotopic (exact) mass is 283 g/mol. The molecule has 1 unspecified atom stereocenters. The second-order valence-corrected chi connectivity index (χ2v) is 4.72. The van der Waals surface area contributed by atoms with Crippen molar-refractivity contribution in [2.75, 3.05) is 5.73 Å². The highest BCUT2D eigenvalue weighted by atomic mass is 79.9. The number of hydrogen-bond donors (Lipinski definition) is 3. The molecule has 4 heteroatoms. The zero-order valence-electron chi connectivity index (χ0n) is 9.46. The minimum absolute atomic E-state index is 0.0185. The van der Waals surface area contributed by atoms with Gasteiger partial charge in [0.1, 0.15) is 0 Å². The molecule has 1 aromatic carbocycles. The van der Waals surface area contributed by atoms with Crippen LogP contribution in [0.15, 0.2) is 34.8 Å². The van der Waals surface area contributed by atoms with Gasteiger partial charge in [-0.25, -0.2) is 0 Å². The number of rotatable bonds is 5. The molecule has 0 saturated heterocycles. The van der Waals surface area contributed by atoms with E-state index in [0.717, 1.165) is 34.1 Å². The summed E-state index contributed by atoms with van der Waals surface area (Å²) in [6.45, 7) is 6.07. The first-order valence-electron chi connectivity index (χ1n) is 5.26. The highest BCUT2D eigenvalue weighted by Crippen LogP contribution is 2.28. The van der Waals surface area contributed by atoms with Crippen LogP contribution < -0.4 is 17.0 Å². The van der Waals surface area contributed by atoms with E-state index >= 15 is 0 Å². The van der Waals surface area contributed by atoms with E-state index in [2.05, 4.69) is 34.9 Å². The van der Waals surface area contributed by atoms with E-state index < -0.39 is 0 Å². The van der Waals surface area contributed by atoms with Gasteiger partial charge in [0.15, 0.2) is 0 Å². The van der Waals surface area contributed by atoms with Crippen molar-refractivity contribution in [1.29, 1.82) is 0 Å². The fraction of sp³-hybridized carbons (Fsp3) is 0.333. The van der Waals surface area contributed by atoms with Crippen LogP contribution in [0.1, 0.15) is 31.4 Å². The zero-order chi connectivity index (χ0) is 12.1. The summed E-state index contributed by atoms with van der Waals surface area (Å²) in [5, 5.41) is 0. The lowest BCUT2D eigenvalue weighted by Gasteiger charge is -2.19. The van der Waals surface area contributed by atoms with Gasteiger partial charge in [-0.15, -0.1) is 0 Å². The van der Waals surface area contributed by atoms with Crippen molar-refractivity contribution < 1.29 is 0 Å². The molecule has 0 aliphatic carbocycles. The van der Waals surface area contributed by atoms with Crippen molar-refractivity contribution in [1.82, 2.24) is 5.43 Å². The lowest BCUT2D eigenvalue weighted by molar-refractivity contribution is 0.546. The Morgan fingerprint density at radius 3 is 2.81 bits per heavy atom. The molecule has 0 aliphatic rings. The molecule has 16 heavy (non-hydrogen) atoms. The molecule has 5 N–H and O–H groups in total. The highest BCUT2D eigenvalue weighted by molar-refractivity contribution is 9.10. The molecule has 0 aliphatic heterocycles. The van der Waals surface area contributed by atoms with Crippen molar-refractivity contribution >= 4 is 21.6 Å². The summed E-state index contributed by atoms with van der Waals surface area (Å²) in [7, 11) is 0. The number of nitrogen functional groups attached to an aromatic ring is 1. The third kappa shape index (κ3) is 3.33. The normalized spacial score (nSPS) is 12.4. The molecule has 3 nitrogen and oxygen atoms in total. The minimum atomic E-state index is 0.0185. The third-order valence-electron chi connectivity index (χ3n) is 2.62. The number of anilines is 1. The number of nitrogens with two attached hydrogens (primary N) is 2. The molecule has 1 aromatic rings. The van der Waals surface area contributed by atoms with E-state index in [4.69, 9.17) is 11.6 Å². The second-order valence-electron chi connectivity index (χ2n) is 3.80. The molecule has 88 valence electrons. The van der Waals surface area contributed by atoms with Crippen LogP contribution in [0.2, 0.25) is 0 Å². The Balaban J connectivity index is 2.94. The summed E-state index contributed by atoms with van der Waals surface area (Å²) in [4.78, 5) is 0. The van der Waals surface area contributed by atoms with Crippen LogP contribution in [0, 0.1) is 0 Å². The largest absolute Gasteiger partial charge is 0.398 e. The topological polar surface area (TPSA) is 64.1 Å². The van der Waals surface area contributed by atoms with Crippen LogP contribution in [0.25, 0.3) is 0 Å². The van der Waals surface area contributed by atoms with E-state index in [0.29, 0.717) is 0 Å². The van der Waals surface area contributed by atoms with Crippen molar-refractivity contribution in [2.45, 2.75) is 25.8 Å². The predicted octanol–water partition coefficient (Wildman–Crippen LogP) is 2.89. The fourth-order valence-corrected chi connectivity index (χ4v) is 1.92. The van der Waals surface area contributed by atoms with E-state index in [1.54, 1.807) is 0 Å². The summed E-state index contributed by atoms with van der Waals surface area (Å²) in [5.41, 5.74) is 11.6. The van der Waals surface area contributed by atoms with Gasteiger partial charge in [0.2, 0.25) is 0 Å². The molecule has 0 bridgehead atoms. The Bertz CT molecular complexity index is 377. The van der Waals surface area contributed by atoms with E-state index in [-0.39, 0.29) is 6.04 Å². The first-order chi connectivity index (χ1) is 7.58. The lowest BCUT2D eigenvalue weighted by atomic mass is 9.98. The number of benzene rings is 1. The van der Waals surface area contributed by atoms with Gasteiger partial charge in [-0.1, -0.05) is 35.0 Å². The van der Waals surface area contributed by atoms with Gasteiger partial charge in [0.25, 0.3) is 0 Å². The maximum Gasteiger partial charge on any atom is 0.0517 e. The molecule has 0 amide bonds. The van der Waals surface area contributed by atoms with Gasteiger partial charge in [0, 0.05) is 10.2 Å². The third-order valence-corrected chi connectivity index (χ3v) is 3.11. The molecule has 0 heterocycles. The SMILES string of the molecule is C=C(CC)CC(NN)c1cc(Br)ccc1N. The molecule has 0 fully saturated rings. The maximum absolute atomic E-state index is 5.94. The number of halogens is 1. The van der Waals surface area contributed by atoms with Gasteiger partial charge >= 0.3 is 0 Å². The van der Waals surface area contributed by atoms with Crippen molar-refractivity contribution in [3.05, 3.63) is 40.4 Å². The maximum atomic E-state index is 5.94. The van der Waals surface area contributed by atoms with Gasteiger partial charge in [-0.2, -0.15) is 0 Å². The number of nitrogens with one attached hydrogen (secondary N) is 1. The second kappa shape index (κ2) is 6.03. The first-order valence-corrected chi connectivity index (χ1v) is 6.05. The Morgan fingerprint density at radius 2 is 2.25 bits per heavy atom. The van der Waals surface area contributed by atoms with E-state index in [1.807, 2.05) is 18.2 Å². The Morgan fingerprint density at radius 1 is 1.56 bits per heavy atom. The smallest absolute Gasteiger partial charge is 0.0517 e. The van der Waals surface area contributed by atoms with Crippen LogP contribution in [0.4, 0.5) is 5.69 Å². The Hall–Kier alpha value is -0.840. The Labute approximate surface area is 105 Å². The van der Waals surface area contributed by atoms with Crippen LogP contribution in [0.3, 0.4) is 0 Å². The average molecular weight is 284 g/mol. The first kappa shape index (κ1) is 13.2. The summed E-state index contributed by atoms with van der Waals surface area (Å²) < 4.78 is 0.999. The molecular formula is C12H18BrN3. The number of hydrogen-bond acceptors (Lipinski definition) is 3. The van der Waals surface area contributed by atoms with Gasteiger partial charge in [0.05, 0.1) is 6.04 Å². The van der Waals surface area contributed by atoms with Crippen molar-refractivity contribution in [2.24, 2.45) is 5.84 Å². The summed E-state index contributed by atoms with van der Waals surface area (Å²) in [5.74, 6) is 5.56. The molecule has 0 saturated carbocycles. The molecule has 1 rings (SSSR count). The summed E-state index contributed by atoms with van der Waals surface area (Å²) >= 11 is 3.43. The molecular weight excluding hydrogens is 266 g/mol. The number of hydrazine groups is 1. The summed E-state index contributed by atoms with van der Waals surface area (Å²) in [6.07, 6.45) is 1.75.